The number of fused-ring (bicyclic) bond motifs is 1. The lowest BCUT2D eigenvalue weighted by molar-refractivity contribution is 0.0494. The first-order valence-corrected chi connectivity index (χ1v) is 13.6. The third-order valence-corrected chi connectivity index (χ3v) is 9.08. The molecule has 174 valence electrons. The summed E-state index contributed by atoms with van der Waals surface area (Å²) in [5.41, 5.74) is 1.27. The van der Waals surface area contributed by atoms with Gasteiger partial charge >= 0.3 is 0 Å². The van der Waals surface area contributed by atoms with Crippen LogP contribution in [0.3, 0.4) is 0 Å². The molecule has 7 nitrogen and oxygen atoms in total. The number of furan rings is 1. The average molecular weight is 481 g/mol. The smallest absolute Gasteiger partial charge is 0.289 e. The van der Waals surface area contributed by atoms with Crippen molar-refractivity contribution in [2.75, 3.05) is 37.7 Å². The standard InChI is InChI=1S/C23H29ClN2O5S/c1-15-18-13-19(24)21(30-17-5-7-25(8-6-17)16-3-2-4-16)14-20(18)31-22(15)23(27)26-9-11-32(28,29)12-10-26/h13-14,16-17H,2-12H2,1H3. The van der Waals surface area contributed by atoms with Gasteiger partial charge in [-0.3, -0.25) is 4.79 Å². The molecule has 0 spiro atoms. The molecule has 2 aromatic rings. The largest absolute Gasteiger partial charge is 0.489 e. The number of likely N-dealkylation sites (tertiary alicyclic amines) is 1. The van der Waals surface area contributed by atoms with Crippen molar-refractivity contribution in [3.8, 4) is 5.75 Å². The molecule has 32 heavy (non-hydrogen) atoms. The van der Waals surface area contributed by atoms with Crippen LogP contribution in [0.2, 0.25) is 5.02 Å². The van der Waals surface area contributed by atoms with Gasteiger partial charge in [-0.25, -0.2) is 8.42 Å². The zero-order valence-electron chi connectivity index (χ0n) is 18.3. The topological polar surface area (TPSA) is 80.1 Å². The maximum atomic E-state index is 13.0. The van der Waals surface area contributed by atoms with Crippen LogP contribution in [0.4, 0.5) is 0 Å². The number of rotatable bonds is 4. The second-order valence-electron chi connectivity index (χ2n) is 9.22. The van der Waals surface area contributed by atoms with Gasteiger partial charge in [-0.1, -0.05) is 18.0 Å². The number of benzene rings is 1. The van der Waals surface area contributed by atoms with Gasteiger partial charge in [0, 0.05) is 49.2 Å². The van der Waals surface area contributed by atoms with Crippen molar-refractivity contribution in [3.63, 3.8) is 0 Å². The van der Waals surface area contributed by atoms with Crippen molar-refractivity contribution >= 4 is 38.3 Å². The van der Waals surface area contributed by atoms with Crippen LogP contribution < -0.4 is 4.74 Å². The number of hydrogen-bond acceptors (Lipinski definition) is 6. The lowest BCUT2D eigenvalue weighted by Crippen LogP contribution is -2.46. The third-order valence-electron chi connectivity index (χ3n) is 7.18. The Balaban J connectivity index is 1.31. The van der Waals surface area contributed by atoms with Crippen molar-refractivity contribution in [2.24, 2.45) is 0 Å². The molecule has 0 unspecified atom stereocenters. The molecule has 0 bridgehead atoms. The average Bonchev–Trinajstić information content (AvgIpc) is 3.03. The Morgan fingerprint density at radius 3 is 2.41 bits per heavy atom. The molecule has 0 N–H and O–H groups in total. The highest BCUT2D eigenvalue weighted by atomic mass is 35.5. The maximum Gasteiger partial charge on any atom is 0.289 e. The number of piperidine rings is 1. The molecular weight excluding hydrogens is 452 g/mol. The second-order valence-corrected chi connectivity index (χ2v) is 11.9. The fraction of sp³-hybridized carbons (Fsp3) is 0.609. The summed E-state index contributed by atoms with van der Waals surface area (Å²) in [7, 11) is -3.06. The molecule has 1 aromatic heterocycles. The highest BCUT2D eigenvalue weighted by Crippen LogP contribution is 2.37. The summed E-state index contributed by atoms with van der Waals surface area (Å²) < 4.78 is 35.5. The number of carbonyl (C=O) groups is 1. The van der Waals surface area contributed by atoms with Gasteiger partial charge in [0.25, 0.3) is 5.91 Å². The van der Waals surface area contributed by atoms with E-state index in [-0.39, 0.29) is 42.4 Å². The first-order valence-electron chi connectivity index (χ1n) is 11.4. The molecule has 5 rings (SSSR count). The van der Waals surface area contributed by atoms with Gasteiger partial charge in [-0.15, -0.1) is 0 Å². The molecular formula is C23H29ClN2O5S. The highest BCUT2D eigenvalue weighted by molar-refractivity contribution is 7.91. The maximum absolute atomic E-state index is 13.0. The number of aryl methyl sites for hydroxylation is 1. The van der Waals surface area contributed by atoms with Crippen LogP contribution in [0.5, 0.6) is 5.75 Å². The minimum absolute atomic E-state index is 0.0125. The number of halogens is 1. The Morgan fingerprint density at radius 2 is 1.78 bits per heavy atom. The van der Waals surface area contributed by atoms with E-state index < -0.39 is 9.84 Å². The number of nitrogens with zero attached hydrogens (tertiary/aromatic N) is 2. The third kappa shape index (κ3) is 4.24. The highest BCUT2D eigenvalue weighted by Gasteiger charge is 2.31. The lowest BCUT2D eigenvalue weighted by atomic mass is 9.90. The summed E-state index contributed by atoms with van der Waals surface area (Å²) in [5.74, 6) is 0.512. The lowest BCUT2D eigenvalue weighted by Gasteiger charge is -2.41. The van der Waals surface area contributed by atoms with Crippen LogP contribution in [0.25, 0.3) is 11.0 Å². The summed E-state index contributed by atoms with van der Waals surface area (Å²) in [4.78, 5) is 17.1. The zero-order valence-corrected chi connectivity index (χ0v) is 19.9. The molecule has 1 aliphatic carbocycles. The van der Waals surface area contributed by atoms with Crippen molar-refractivity contribution < 1.29 is 22.4 Å². The van der Waals surface area contributed by atoms with Gasteiger partial charge in [0.05, 0.1) is 16.5 Å². The molecule has 3 heterocycles. The molecule has 9 heteroatoms. The van der Waals surface area contributed by atoms with Gasteiger partial charge in [-0.2, -0.15) is 0 Å². The van der Waals surface area contributed by atoms with Crippen molar-refractivity contribution in [3.05, 3.63) is 28.5 Å². The predicted molar refractivity (Wildman–Crippen MR) is 123 cm³/mol. The van der Waals surface area contributed by atoms with Crippen LogP contribution in [-0.4, -0.2) is 74.0 Å². The second kappa shape index (κ2) is 8.54. The van der Waals surface area contributed by atoms with E-state index >= 15 is 0 Å². The van der Waals surface area contributed by atoms with Gasteiger partial charge in [0.2, 0.25) is 0 Å². The number of hydrogen-bond donors (Lipinski definition) is 0. The van der Waals surface area contributed by atoms with Gasteiger partial charge in [-0.05, 0) is 38.7 Å². The zero-order chi connectivity index (χ0) is 22.5. The Hall–Kier alpha value is -1.77. The van der Waals surface area contributed by atoms with E-state index in [0.29, 0.717) is 21.9 Å². The van der Waals surface area contributed by atoms with E-state index in [1.54, 1.807) is 17.0 Å². The molecule has 0 atom stereocenters. The first kappa shape index (κ1) is 22.0. The predicted octanol–water partition coefficient (Wildman–Crippen LogP) is 3.66. The van der Waals surface area contributed by atoms with Gasteiger partial charge in [0.1, 0.15) is 17.4 Å². The van der Waals surface area contributed by atoms with Gasteiger partial charge in [0.15, 0.2) is 15.6 Å². The molecule has 2 aliphatic heterocycles. The Kier molecular flexibility index (Phi) is 5.88. The molecule has 1 amide bonds. The Bertz CT molecular complexity index is 1120. The number of ether oxygens (including phenoxy) is 1. The quantitative estimate of drug-likeness (QED) is 0.664. The summed E-state index contributed by atoms with van der Waals surface area (Å²) in [6.07, 6.45) is 6.06. The molecule has 0 radical (unpaired) electrons. The number of amides is 1. The van der Waals surface area contributed by atoms with Gasteiger partial charge < -0.3 is 19.0 Å². The Labute approximate surface area is 193 Å². The first-order chi connectivity index (χ1) is 15.3. The van der Waals surface area contributed by atoms with E-state index in [9.17, 15) is 13.2 Å². The van der Waals surface area contributed by atoms with E-state index in [1.165, 1.54) is 19.3 Å². The summed E-state index contributed by atoms with van der Waals surface area (Å²) in [5, 5.41) is 1.28. The minimum Gasteiger partial charge on any atom is -0.489 e. The normalized spacial score (nSPS) is 22.8. The molecule has 1 aromatic carbocycles. The van der Waals surface area contributed by atoms with Crippen molar-refractivity contribution in [2.45, 2.75) is 51.2 Å². The number of carbonyl (C=O) groups excluding carboxylic acids is 1. The fourth-order valence-electron chi connectivity index (χ4n) is 4.86. The Morgan fingerprint density at radius 1 is 1.09 bits per heavy atom. The van der Waals surface area contributed by atoms with Crippen LogP contribution >= 0.6 is 11.6 Å². The summed E-state index contributed by atoms with van der Waals surface area (Å²) >= 11 is 6.53. The summed E-state index contributed by atoms with van der Waals surface area (Å²) in [6.45, 7) is 4.31. The number of sulfone groups is 1. The van der Waals surface area contributed by atoms with Crippen molar-refractivity contribution in [1.29, 1.82) is 0 Å². The van der Waals surface area contributed by atoms with Crippen LogP contribution in [0.1, 0.15) is 48.2 Å². The molecule has 3 aliphatic rings. The van der Waals surface area contributed by atoms with Crippen molar-refractivity contribution in [1.82, 2.24) is 9.80 Å². The van der Waals surface area contributed by atoms with E-state index in [2.05, 4.69) is 4.90 Å². The van der Waals surface area contributed by atoms with Crippen LogP contribution in [0.15, 0.2) is 16.5 Å². The minimum atomic E-state index is -3.06. The monoisotopic (exact) mass is 480 g/mol. The molecule has 3 fully saturated rings. The van der Waals surface area contributed by atoms with E-state index in [0.717, 1.165) is 37.4 Å². The molecule has 2 saturated heterocycles. The van der Waals surface area contributed by atoms with E-state index in [1.807, 2.05) is 6.92 Å². The fourth-order valence-corrected chi connectivity index (χ4v) is 6.27. The van der Waals surface area contributed by atoms with Crippen LogP contribution in [-0.2, 0) is 9.84 Å². The van der Waals surface area contributed by atoms with E-state index in [4.69, 9.17) is 20.8 Å². The SMILES string of the molecule is Cc1c(C(=O)N2CCS(=O)(=O)CC2)oc2cc(OC3CCN(C4CCC4)CC3)c(Cl)cc12. The summed E-state index contributed by atoms with van der Waals surface area (Å²) in [6, 6.07) is 4.34. The van der Waals surface area contributed by atoms with Crippen LogP contribution in [0, 0.1) is 6.92 Å². The molecule has 1 saturated carbocycles.